The number of hydrogen-bond acceptors (Lipinski definition) is 7. The third-order valence-corrected chi connectivity index (χ3v) is 7.78. The number of carbonyl (C=O) groups excluding carboxylic acids is 1. The molecule has 7 nitrogen and oxygen atoms in total. The van der Waals surface area contributed by atoms with Crippen LogP contribution >= 0.6 is 11.3 Å². The average Bonchev–Trinajstić information content (AvgIpc) is 3.53. The van der Waals surface area contributed by atoms with Crippen LogP contribution in [0.3, 0.4) is 0 Å². The molecule has 2 aromatic heterocycles. The Bertz CT molecular complexity index is 1480. The summed E-state index contributed by atoms with van der Waals surface area (Å²) in [6, 6.07) is 23.9. The van der Waals surface area contributed by atoms with Crippen molar-refractivity contribution in [1.82, 2.24) is 14.5 Å². The van der Waals surface area contributed by atoms with Crippen LogP contribution in [0.2, 0.25) is 0 Å². The van der Waals surface area contributed by atoms with E-state index in [1.54, 1.807) is 18.4 Å². The van der Waals surface area contributed by atoms with Gasteiger partial charge in [0, 0.05) is 18.8 Å². The van der Waals surface area contributed by atoms with Gasteiger partial charge in [0.25, 0.3) is 0 Å². The molecule has 1 saturated heterocycles. The molecule has 3 aromatic carbocycles. The van der Waals surface area contributed by atoms with Gasteiger partial charge in [-0.05, 0) is 61.4 Å². The molecule has 0 spiro atoms. The molecule has 0 amide bonds. The fourth-order valence-corrected chi connectivity index (χ4v) is 5.76. The normalized spacial score (nSPS) is 14.4. The number of para-hydroxylation sites is 3. The number of imidazole rings is 1. The maximum atomic E-state index is 13.0. The van der Waals surface area contributed by atoms with E-state index < -0.39 is 0 Å². The van der Waals surface area contributed by atoms with Crippen molar-refractivity contribution in [2.24, 2.45) is 5.92 Å². The first-order valence-electron chi connectivity index (χ1n) is 12.1. The molecule has 6 rings (SSSR count). The van der Waals surface area contributed by atoms with Crippen LogP contribution in [-0.2, 0) is 16.1 Å². The highest BCUT2D eigenvalue weighted by atomic mass is 32.1. The zero-order chi connectivity index (χ0) is 24.5. The second-order valence-corrected chi connectivity index (χ2v) is 9.89. The molecular formula is C28H26N4O3S. The molecule has 36 heavy (non-hydrogen) atoms. The number of anilines is 1. The van der Waals surface area contributed by atoms with Gasteiger partial charge in [0.1, 0.15) is 12.4 Å². The van der Waals surface area contributed by atoms with Gasteiger partial charge in [-0.1, -0.05) is 35.6 Å². The van der Waals surface area contributed by atoms with Crippen LogP contribution in [0.15, 0.2) is 72.8 Å². The van der Waals surface area contributed by atoms with Gasteiger partial charge in [-0.15, -0.1) is 0 Å². The van der Waals surface area contributed by atoms with Gasteiger partial charge >= 0.3 is 5.97 Å². The first-order valence-corrected chi connectivity index (χ1v) is 12.9. The van der Waals surface area contributed by atoms with Crippen molar-refractivity contribution in [3.05, 3.63) is 78.6 Å². The van der Waals surface area contributed by atoms with E-state index in [1.807, 2.05) is 71.3 Å². The third-order valence-electron chi connectivity index (χ3n) is 6.69. The van der Waals surface area contributed by atoms with Crippen LogP contribution in [0.25, 0.3) is 26.9 Å². The van der Waals surface area contributed by atoms with Gasteiger partial charge in [0.2, 0.25) is 0 Å². The molecule has 0 atom stereocenters. The lowest BCUT2D eigenvalue weighted by molar-refractivity contribution is -0.150. The minimum absolute atomic E-state index is 0.116. The van der Waals surface area contributed by atoms with Crippen LogP contribution in [0, 0.1) is 5.92 Å². The number of thiazole rings is 1. The minimum Gasteiger partial charge on any atom is -0.497 e. The van der Waals surface area contributed by atoms with E-state index in [9.17, 15) is 4.79 Å². The lowest BCUT2D eigenvalue weighted by Crippen LogP contribution is -2.36. The van der Waals surface area contributed by atoms with E-state index in [2.05, 4.69) is 11.0 Å². The Kier molecular flexibility index (Phi) is 6.03. The maximum Gasteiger partial charge on any atom is 0.309 e. The Labute approximate surface area is 212 Å². The number of fused-ring (bicyclic) bond motifs is 2. The molecule has 1 aliphatic heterocycles. The van der Waals surface area contributed by atoms with Crippen molar-refractivity contribution in [2.45, 2.75) is 19.4 Å². The lowest BCUT2D eigenvalue weighted by atomic mass is 9.97. The number of methoxy groups -OCH3 is 1. The standard InChI is InChI=1S/C28H26N4O3S/c1-34-21-12-10-20(11-13-21)32-24-8-4-2-6-22(24)29-26(32)18-35-27(33)19-14-16-31(17-15-19)28-30-23-7-3-5-9-25(23)36-28/h2-13,19H,14-18H2,1H3. The highest BCUT2D eigenvalue weighted by Gasteiger charge is 2.28. The summed E-state index contributed by atoms with van der Waals surface area (Å²) in [6.07, 6.45) is 1.51. The summed E-state index contributed by atoms with van der Waals surface area (Å²) in [5, 5.41) is 1.02. The van der Waals surface area contributed by atoms with E-state index in [4.69, 9.17) is 19.4 Å². The minimum atomic E-state index is -0.160. The van der Waals surface area contributed by atoms with Gasteiger partial charge in [-0.25, -0.2) is 9.97 Å². The van der Waals surface area contributed by atoms with Gasteiger partial charge in [-0.2, -0.15) is 0 Å². The van der Waals surface area contributed by atoms with E-state index in [0.717, 1.165) is 59.0 Å². The first kappa shape index (κ1) is 22.5. The summed E-state index contributed by atoms with van der Waals surface area (Å²) in [7, 11) is 1.65. The molecule has 0 unspecified atom stereocenters. The number of piperidine rings is 1. The maximum absolute atomic E-state index is 13.0. The predicted molar refractivity (Wildman–Crippen MR) is 142 cm³/mol. The van der Waals surface area contributed by atoms with Crippen LogP contribution < -0.4 is 9.64 Å². The monoisotopic (exact) mass is 498 g/mol. The molecule has 0 saturated carbocycles. The second kappa shape index (κ2) is 9.62. The number of hydrogen-bond donors (Lipinski definition) is 0. The van der Waals surface area contributed by atoms with E-state index in [1.165, 1.54) is 4.70 Å². The topological polar surface area (TPSA) is 69.5 Å². The molecule has 1 aliphatic rings. The fraction of sp³-hybridized carbons (Fsp3) is 0.250. The van der Waals surface area contributed by atoms with Gasteiger partial charge in [-0.3, -0.25) is 9.36 Å². The zero-order valence-corrected chi connectivity index (χ0v) is 20.8. The average molecular weight is 499 g/mol. The Balaban J connectivity index is 1.14. The van der Waals surface area contributed by atoms with Crippen molar-refractivity contribution in [3.63, 3.8) is 0 Å². The van der Waals surface area contributed by atoms with Crippen molar-refractivity contribution in [2.75, 3.05) is 25.1 Å². The zero-order valence-electron chi connectivity index (χ0n) is 20.0. The number of esters is 1. The second-order valence-electron chi connectivity index (χ2n) is 8.88. The molecule has 1 fully saturated rings. The van der Waals surface area contributed by atoms with Gasteiger partial charge in [0.15, 0.2) is 11.0 Å². The molecule has 0 aliphatic carbocycles. The predicted octanol–water partition coefficient (Wildman–Crippen LogP) is 5.60. The summed E-state index contributed by atoms with van der Waals surface area (Å²) < 4.78 is 14.3. The van der Waals surface area contributed by atoms with Crippen LogP contribution in [0.1, 0.15) is 18.7 Å². The number of nitrogens with zero attached hydrogens (tertiary/aromatic N) is 4. The van der Waals surface area contributed by atoms with Crippen LogP contribution in [0.4, 0.5) is 5.13 Å². The van der Waals surface area contributed by atoms with Crippen molar-refractivity contribution in [3.8, 4) is 11.4 Å². The van der Waals surface area contributed by atoms with E-state index >= 15 is 0 Å². The van der Waals surface area contributed by atoms with Gasteiger partial charge in [0.05, 0.1) is 34.3 Å². The summed E-state index contributed by atoms with van der Waals surface area (Å²) in [5.74, 6) is 1.21. The SMILES string of the molecule is COc1ccc(-n2c(COC(=O)C3CCN(c4nc5ccccc5s4)CC3)nc3ccccc32)cc1. The van der Waals surface area contributed by atoms with Crippen molar-refractivity contribution in [1.29, 1.82) is 0 Å². The lowest BCUT2D eigenvalue weighted by Gasteiger charge is -2.30. The Morgan fingerprint density at radius 3 is 2.42 bits per heavy atom. The molecule has 182 valence electrons. The smallest absolute Gasteiger partial charge is 0.309 e. The number of benzene rings is 3. The van der Waals surface area contributed by atoms with Crippen LogP contribution in [-0.4, -0.2) is 40.7 Å². The summed E-state index contributed by atoms with van der Waals surface area (Å²) in [6.45, 7) is 1.71. The molecular weight excluding hydrogens is 472 g/mol. The van der Waals surface area contributed by atoms with Crippen LogP contribution in [0.5, 0.6) is 5.75 Å². The Morgan fingerprint density at radius 1 is 0.944 bits per heavy atom. The molecule has 5 aromatic rings. The third kappa shape index (κ3) is 4.28. The van der Waals surface area contributed by atoms with E-state index in [0.29, 0.717) is 5.82 Å². The fourth-order valence-electron chi connectivity index (χ4n) is 4.75. The summed E-state index contributed by atoms with van der Waals surface area (Å²) in [5.41, 5.74) is 3.81. The number of rotatable bonds is 6. The molecule has 3 heterocycles. The summed E-state index contributed by atoms with van der Waals surface area (Å²) in [4.78, 5) is 24.8. The largest absolute Gasteiger partial charge is 0.497 e. The molecule has 0 bridgehead atoms. The summed E-state index contributed by atoms with van der Waals surface area (Å²) >= 11 is 1.70. The highest BCUT2D eigenvalue weighted by Crippen LogP contribution is 2.32. The number of carbonyl (C=O) groups is 1. The molecule has 8 heteroatoms. The quantitative estimate of drug-likeness (QED) is 0.284. The van der Waals surface area contributed by atoms with Crippen molar-refractivity contribution >= 4 is 43.7 Å². The highest BCUT2D eigenvalue weighted by molar-refractivity contribution is 7.22. The number of ether oxygens (including phenoxy) is 2. The first-order chi connectivity index (χ1) is 17.7. The van der Waals surface area contributed by atoms with E-state index in [-0.39, 0.29) is 18.5 Å². The Morgan fingerprint density at radius 2 is 1.67 bits per heavy atom. The molecule has 0 N–H and O–H groups in total. The molecule has 0 radical (unpaired) electrons. The van der Waals surface area contributed by atoms with Gasteiger partial charge < -0.3 is 14.4 Å². The Hall–Kier alpha value is -3.91. The van der Waals surface area contributed by atoms with Crippen molar-refractivity contribution < 1.29 is 14.3 Å². The number of aromatic nitrogens is 3.